The predicted molar refractivity (Wildman–Crippen MR) is 95.6 cm³/mol. The molecular weight excluding hydrogens is 344 g/mol. The number of benzene rings is 1. The molecule has 0 aliphatic heterocycles. The van der Waals surface area contributed by atoms with E-state index in [9.17, 15) is 9.90 Å². The van der Waals surface area contributed by atoms with Crippen molar-refractivity contribution in [1.82, 2.24) is 10.1 Å². The molecule has 0 amide bonds. The van der Waals surface area contributed by atoms with E-state index in [1.807, 2.05) is 18.2 Å². The maximum absolute atomic E-state index is 11.6. The molecule has 0 aliphatic rings. The zero-order valence-electron chi connectivity index (χ0n) is 13.2. The van der Waals surface area contributed by atoms with Crippen molar-refractivity contribution >= 4 is 24.2 Å². The largest absolute Gasteiger partial charge is 0.477 e. The molecule has 0 saturated carbocycles. The Hall–Kier alpha value is -2.90. The van der Waals surface area contributed by atoms with Crippen LogP contribution in [0.4, 0.5) is 5.82 Å². The number of carboxylic acid groups (broad SMARTS) is 1. The van der Waals surface area contributed by atoms with Gasteiger partial charge in [0.15, 0.2) is 17.1 Å². The van der Waals surface area contributed by atoms with Crippen molar-refractivity contribution in [1.29, 1.82) is 0 Å². The summed E-state index contributed by atoms with van der Waals surface area (Å²) >= 11 is 0. The Balaban J connectivity index is 0.00000225. The zero-order valence-corrected chi connectivity index (χ0v) is 14.0. The van der Waals surface area contributed by atoms with E-state index in [-0.39, 0.29) is 29.5 Å². The van der Waals surface area contributed by atoms with Crippen molar-refractivity contribution < 1.29 is 14.4 Å². The van der Waals surface area contributed by atoms with E-state index >= 15 is 0 Å². The monoisotopic (exact) mass is 360 g/mol. The lowest BCUT2D eigenvalue weighted by molar-refractivity contribution is 0.0698. The lowest BCUT2D eigenvalue weighted by atomic mass is 10.1. The number of pyridine rings is 1. The fraction of sp³-hybridized carbons (Fsp3) is 0.118. The number of rotatable bonds is 6. The summed E-state index contributed by atoms with van der Waals surface area (Å²) in [5.74, 6) is -0.725. The normalized spacial score (nSPS) is 10.1. The van der Waals surface area contributed by atoms with Crippen molar-refractivity contribution in [3.05, 3.63) is 65.5 Å². The average Bonchev–Trinajstić information content (AvgIpc) is 3.05. The van der Waals surface area contributed by atoms with Gasteiger partial charge in [-0.2, -0.15) is 0 Å². The average molecular weight is 361 g/mol. The van der Waals surface area contributed by atoms with Gasteiger partial charge in [0.05, 0.1) is 12.2 Å². The van der Waals surface area contributed by atoms with Gasteiger partial charge in [-0.3, -0.25) is 4.98 Å². The van der Waals surface area contributed by atoms with E-state index < -0.39 is 5.97 Å². The van der Waals surface area contributed by atoms with Gasteiger partial charge >= 0.3 is 5.97 Å². The number of aromatic nitrogens is 2. The van der Waals surface area contributed by atoms with Crippen LogP contribution in [-0.4, -0.2) is 21.2 Å². The Morgan fingerprint density at radius 1 is 1.24 bits per heavy atom. The third-order valence-corrected chi connectivity index (χ3v) is 3.50. The molecule has 1 aromatic carbocycles. The Labute approximate surface area is 150 Å². The first-order valence-electron chi connectivity index (χ1n) is 7.35. The Morgan fingerprint density at radius 2 is 2.00 bits per heavy atom. The van der Waals surface area contributed by atoms with Gasteiger partial charge in [-0.05, 0) is 17.7 Å². The fourth-order valence-corrected chi connectivity index (χ4v) is 2.32. The second-order valence-electron chi connectivity index (χ2n) is 5.12. The SMILES string of the molecule is Cl.NCc1ccnc(CNc2noc(-c3ccccc3)c2C(=O)O)c1. The topological polar surface area (TPSA) is 114 Å². The quantitative estimate of drug-likeness (QED) is 0.619. The van der Waals surface area contributed by atoms with Crippen LogP contribution in [0.5, 0.6) is 0 Å². The molecule has 3 rings (SSSR count). The van der Waals surface area contributed by atoms with E-state index in [0.29, 0.717) is 18.7 Å². The minimum Gasteiger partial charge on any atom is -0.477 e. The number of aromatic carboxylic acids is 1. The van der Waals surface area contributed by atoms with E-state index in [1.165, 1.54) is 0 Å². The summed E-state index contributed by atoms with van der Waals surface area (Å²) in [4.78, 5) is 15.8. The number of hydrogen-bond acceptors (Lipinski definition) is 6. The summed E-state index contributed by atoms with van der Waals surface area (Å²) in [5, 5.41) is 16.3. The molecule has 0 radical (unpaired) electrons. The standard InChI is InChI=1S/C17H16N4O3.ClH/c18-9-11-6-7-19-13(8-11)10-20-16-14(17(22)23)15(24-21-16)12-4-2-1-3-5-12;/h1-8H,9-10,18H2,(H,20,21)(H,22,23);1H. The number of nitrogens with one attached hydrogen (secondary N) is 1. The van der Waals surface area contributed by atoms with Gasteiger partial charge in [0.2, 0.25) is 0 Å². The third-order valence-electron chi connectivity index (χ3n) is 3.50. The summed E-state index contributed by atoms with van der Waals surface area (Å²) in [6.45, 7) is 0.729. The van der Waals surface area contributed by atoms with Gasteiger partial charge in [-0.15, -0.1) is 12.4 Å². The minimum atomic E-state index is -1.11. The predicted octanol–water partition coefficient (Wildman–Crippen LogP) is 2.93. The molecule has 3 aromatic rings. The van der Waals surface area contributed by atoms with Crippen molar-refractivity contribution in [3.8, 4) is 11.3 Å². The summed E-state index contributed by atoms with van der Waals surface area (Å²) < 4.78 is 5.24. The number of carbonyl (C=O) groups is 1. The second-order valence-corrected chi connectivity index (χ2v) is 5.12. The number of hydrogen-bond donors (Lipinski definition) is 3. The van der Waals surface area contributed by atoms with Crippen LogP contribution in [-0.2, 0) is 13.1 Å². The molecular formula is C17H17ClN4O3. The van der Waals surface area contributed by atoms with Gasteiger partial charge in [0.25, 0.3) is 0 Å². The summed E-state index contributed by atoms with van der Waals surface area (Å²) in [7, 11) is 0. The summed E-state index contributed by atoms with van der Waals surface area (Å²) in [6, 6.07) is 12.7. The van der Waals surface area contributed by atoms with Crippen LogP contribution in [0.15, 0.2) is 53.2 Å². The van der Waals surface area contributed by atoms with Crippen molar-refractivity contribution in [2.45, 2.75) is 13.1 Å². The molecule has 0 fully saturated rings. The van der Waals surface area contributed by atoms with Crippen LogP contribution >= 0.6 is 12.4 Å². The van der Waals surface area contributed by atoms with Crippen LogP contribution in [0.3, 0.4) is 0 Å². The van der Waals surface area contributed by atoms with E-state index in [4.69, 9.17) is 10.3 Å². The molecule has 25 heavy (non-hydrogen) atoms. The summed E-state index contributed by atoms with van der Waals surface area (Å²) in [6.07, 6.45) is 1.66. The van der Waals surface area contributed by atoms with Crippen molar-refractivity contribution in [2.24, 2.45) is 5.73 Å². The minimum absolute atomic E-state index is 0. The highest BCUT2D eigenvalue weighted by molar-refractivity contribution is 5.99. The number of nitrogens with zero attached hydrogens (tertiary/aromatic N) is 2. The highest BCUT2D eigenvalue weighted by Gasteiger charge is 2.23. The first-order valence-corrected chi connectivity index (χ1v) is 7.35. The maximum atomic E-state index is 11.6. The molecule has 0 bridgehead atoms. The lowest BCUT2D eigenvalue weighted by Crippen LogP contribution is -2.08. The molecule has 0 atom stereocenters. The smallest absolute Gasteiger partial charge is 0.343 e. The molecule has 7 nitrogen and oxygen atoms in total. The molecule has 0 saturated heterocycles. The lowest BCUT2D eigenvalue weighted by Gasteiger charge is -2.05. The van der Waals surface area contributed by atoms with Gasteiger partial charge in [-0.1, -0.05) is 35.5 Å². The maximum Gasteiger partial charge on any atom is 0.343 e. The molecule has 0 unspecified atom stereocenters. The number of anilines is 1. The molecule has 2 heterocycles. The van der Waals surface area contributed by atoms with Gasteiger partial charge in [-0.25, -0.2) is 4.79 Å². The van der Waals surface area contributed by atoms with Crippen LogP contribution in [0.1, 0.15) is 21.6 Å². The van der Waals surface area contributed by atoms with Crippen molar-refractivity contribution in [3.63, 3.8) is 0 Å². The Bertz CT molecular complexity index is 852. The number of halogens is 1. The van der Waals surface area contributed by atoms with Crippen molar-refractivity contribution in [2.75, 3.05) is 5.32 Å². The molecule has 4 N–H and O–H groups in total. The van der Waals surface area contributed by atoms with E-state index in [0.717, 1.165) is 11.3 Å². The second kappa shape index (κ2) is 8.27. The highest BCUT2D eigenvalue weighted by atomic mass is 35.5. The fourth-order valence-electron chi connectivity index (χ4n) is 2.32. The first-order chi connectivity index (χ1) is 11.7. The van der Waals surface area contributed by atoms with Crippen LogP contribution in [0, 0.1) is 0 Å². The third kappa shape index (κ3) is 4.14. The first kappa shape index (κ1) is 18.4. The van der Waals surface area contributed by atoms with Gasteiger partial charge < -0.3 is 20.7 Å². The van der Waals surface area contributed by atoms with E-state index in [2.05, 4.69) is 15.5 Å². The number of nitrogens with two attached hydrogens (primary N) is 1. The molecule has 0 spiro atoms. The molecule has 0 aliphatic carbocycles. The van der Waals surface area contributed by atoms with E-state index in [1.54, 1.807) is 30.5 Å². The molecule has 130 valence electrons. The van der Waals surface area contributed by atoms with Crippen LogP contribution < -0.4 is 11.1 Å². The zero-order chi connectivity index (χ0) is 16.9. The van der Waals surface area contributed by atoms with Gasteiger partial charge in [0, 0.05) is 18.3 Å². The molecule has 8 heteroatoms. The summed E-state index contributed by atoms with van der Waals surface area (Å²) in [5.41, 5.74) is 7.94. The van der Waals surface area contributed by atoms with Gasteiger partial charge in [0.1, 0.15) is 0 Å². The molecule has 2 aromatic heterocycles. The van der Waals surface area contributed by atoms with Crippen LogP contribution in [0.25, 0.3) is 11.3 Å². The highest BCUT2D eigenvalue weighted by Crippen LogP contribution is 2.29. The Morgan fingerprint density at radius 3 is 2.68 bits per heavy atom. The number of carboxylic acids is 1. The van der Waals surface area contributed by atoms with Crippen LogP contribution in [0.2, 0.25) is 0 Å². The Kier molecular flexibility index (Phi) is 6.10.